The second-order valence-electron chi connectivity index (χ2n) is 1.27. The molecule has 0 aliphatic heterocycles. The number of hydrogen-bond acceptors (Lipinski definition) is 2. The fraction of sp³-hybridized carbons (Fsp3) is 0.600. The summed E-state index contributed by atoms with van der Waals surface area (Å²) in [7, 11) is 0. The van der Waals surface area contributed by atoms with Crippen LogP contribution >= 0.6 is 0 Å². The molecule has 0 aliphatic carbocycles. The molecule has 0 rings (SSSR count). The second-order valence-corrected chi connectivity index (χ2v) is 1.27. The first-order chi connectivity index (χ1) is 3.13. The van der Waals surface area contributed by atoms with Crippen LogP contribution in [-0.2, 0) is 9.59 Å². The highest BCUT2D eigenvalue weighted by atomic mass is 16.4. The van der Waals surface area contributed by atoms with Crippen LogP contribution in [-0.4, -0.2) is 16.9 Å². The van der Waals surface area contributed by atoms with Gasteiger partial charge in [-0.15, -0.1) is 0 Å². The number of carboxylic acids is 1. The molecular weight excluding hydrogens is 108 g/mol. The molecule has 0 aromatic heterocycles. The molecule has 48 valence electrons. The molecule has 0 heterocycles. The van der Waals surface area contributed by atoms with Crippen molar-refractivity contribution < 1.29 is 14.7 Å². The molecule has 0 radical (unpaired) electrons. The molecule has 0 aromatic rings. The topological polar surface area (TPSA) is 54.4 Å². The van der Waals surface area contributed by atoms with Crippen molar-refractivity contribution >= 4 is 11.8 Å². The fourth-order valence-electron chi connectivity index (χ4n) is 0.213. The van der Waals surface area contributed by atoms with Gasteiger partial charge < -0.3 is 5.11 Å². The number of ketones is 1. The largest absolute Gasteiger partial charge is 0.481 e. The summed E-state index contributed by atoms with van der Waals surface area (Å²) in [6.07, 6.45) is -0.361. The summed E-state index contributed by atoms with van der Waals surface area (Å²) in [5.74, 6) is -1.37. The molecule has 0 saturated carbocycles. The van der Waals surface area contributed by atoms with Gasteiger partial charge in [0.25, 0.3) is 0 Å². The highest BCUT2D eigenvalue weighted by Crippen LogP contribution is 1.77. The Labute approximate surface area is 48.3 Å². The SMILES string of the molecule is C.CC(=O)CC(=O)O. The lowest BCUT2D eigenvalue weighted by molar-refractivity contribution is -0.139. The van der Waals surface area contributed by atoms with E-state index in [0.717, 1.165) is 0 Å². The molecule has 0 aromatic carbocycles. The first kappa shape index (κ1) is 10.2. The van der Waals surface area contributed by atoms with E-state index < -0.39 is 5.97 Å². The van der Waals surface area contributed by atoms with E-state index >= 15 is 0 Å². The van der Waals surface area contributed by atoms with Crippen LogP contribution in [0.3, 0.4) is 0 Å². The Morgan fingerprint density at radius 3 is 1.88 bits per heavy atom. The molecule has 8 heavy (non-hydrogen) atoms. The van der Waals surface area contributed by atoms with Gasteiger partial charge >= 0.3 is 5.97 Å². The lowest BCUT2D eigenvalue weighted by Gasteiger charge is -1.80. The Morgan fingerprint density at radius 1 is 1.50 bits per heavy atom. The lowest BCUT2D eigenvalue weighted by atomic mass is 10.3. The Bertz CT molecular complexity index is 83.8. The fourth-order valence-corrected chi connectivity index (χ4v) is 0.213. The van der Waals surface area contributed by atoms with Crippen LogP contribution in [0.1, 0.15) is 20.8 Å². The summed E-state index contributed by atoms with van der Waals surface area (Å²) in [4.78, 5) is 19.5. The molecule has 0 unspecified atom stereocenters. The summed E-state index contributed by atoms with van der Waals surface area (Å²) in [5, 5.41) is 7.86. The van der Waals surface area contributed by atoms with Crippen molar-refractivity contribution in [2.75, 3.05) is 0 Å². The van der Waals surface area contributed by atoms with E-state index in [1.165, 1.54) is 6.92 Å². The van der Waals surface area contributed by atoms with Gasteiger partial charge in [0.1, 0.15) is 12.2 Å². The highest BCUT2D eigenvalue weighted by molar-refractivity contribution is 5.93. The smallest absolute Gasteiger partial charge is 0.310 e. The number of carboxylic acid groups (broad SMARTS) is 1. The minimum Gasteiger partial charge on any atom is -0.481 e. The summed E-state index contributed by atoms with van der Waals surface area (Å²) in [5.41, 5.74) is 0. The number of carbonyl (C=O) groups is 2. The number of aliphatic carboxylic acids is 1. The Balaban J connectivity index is 0. The minimum absolute atomic E-state index is 0. The number of hydrogen-bond donors (Lipinski definition) is 1. The van der Waals surface area contributed by atoms with E-state index in [-0.39, 0.29) is 19.6 Å². The second kappa shape index (κ2) is 4.30. The van der Waals surface area contributed by atoms with Gasteiger partial charge in [-0.2, -0.15) is 0 Å². The third kappa shape index (κ3) is 8.94. The first-order valence-electron chi connectivity index (χ1n) is 1.84. The van der Waals surface area contributed by atoms with Crippen molar-refractivity contribution in [2.24, 2.45) is 0 Å². The van der Waals surface area contributed by atoms with Crippen molar-refractivity contribution in [3.05, 3.63) is 0 Å². The Morgan fingerprint density at radius 2 is 1.88 bits per heavy atom. The van der Waals surface area contributed by atoms with Gasteiger partial charge in [-0.3, -0.25) is 9.59 Å². The third-order valence-corrected chi connectivity index (χ3v) is 0.400. The molecule has 0 aliphatic rings. The molecule has 3 nitrogen and oxygen atoms in total. The van der Waals surface area contributed by atoms with Gasteiger partial charge in [0, 0.05) is 0 Å². The van der Waals surface area contributed by atoms with Crippen LogP contribution in [0.5, 0.6) is 0 Å². The van der Waals surface area contributed by atoms with Crippen molar-refractivity contribution in [3.63, 3.8) is 0 Å². The molecule has 0 spiro atoms. The predicted molar refractivity (Wildman–Crippen MR) is 29.7 cm³/mol. The molecule has 1 N–H and O–H groups in total. The van der Waals surface area contributed by atoms with Crippen molar-refractivity contribution in [2.45, 2.75) is 20.8 Å². The van der Waals surface area contributed by atoms with Crippen LogP contribution in [0.15, 0.2) is 0 Å². The average molecular weight is 118 g/mol. The molecule has 0 saturated heterocycles. The van der Waals surface area contributed by atoms with Crippen molar-refractivity contribution in [1.82, 2.24) is 0 Å². The zero-order valence-corrected chi connectivity index (χ0v) is 3.97. The monoisotopic (exact) mass is 118 g/mol. The van der Waals surface area contributed by atoms with Crippen LogP contribution in [0, 0.1) is 0 Å². The van der Waals surface area contributed by atoms with Gasteiger partial charge in [-0.25, -0.2) is 0 Å². The van der Waals surface area contributed by atoms with Gasteiger partial charge in [-0.05, 0) is 6.92 Å². The van der Waals surface area contributed by atoms with Gasteiger partial charge in [-0.1, -0.05) is 7.43 Å². The van der Waals surface area contributed by atoms with E-state index in [4.69, 9.17) is 5.11 Å². The quantitative estimate of drug-likeness (QED) is 0.542. The summed E-state index contributed by atoms with van der Waals surface area (Å²) in [6, 6.07) is 0. The van der Waals surface area contributed by atoms with Crippen molar-refractivity contribution in [1.29, 1.82) is 0 Å². The molecule has 0 fully saturated rings. The van der Waals surface area contributed by atoms with Crippen LogP contribution in [0.25, 0.3) is 0 Å². The van der Waals surface area contributed by atoms with Crippen LogP contribution in [0.2, 0.25) is 0 Å². The van der Waals surface area contributed by atoms with E-state index in [0.29, 0.717) is 0 Å². The van der Waals surface area contributed by atoms with E-state index in [1.54, 1.807) is 0 Å². The number of rotatable bonds is 2. The van der Waals surface area contributed by atoms with Gasteiger partial charge in [0.2, 0.25) is 0 Å². The molecule has 0 atom stereocenters. The van der Waals surface area contributed by atoms with Crippen LogP contribution < -0.4 is 0 Å². The van der Waals surface area contributed by atoms with Gasteiger partial charge in [0.15, 0.2) is 0 Å². The van der Waals surface area contributed by atoms with Gasteiger partial charge in [0.05, 0.1) is 0 Å². The lowest BCUT2D eigenvalue weighted by Crippen LogP contribution is -2.00. The molecule has 0 bridgehead atoms. The average Bonchev–Trinajstić information content (AvgIpc) is 1.27. The van der Waals surface area contributed by atoms with E-state index in [1.807, 2.05) is 0 Å². The maximum Gasteiger partial charge on any atom is 0.310 e. The zero-order valence-electron chi connectivity index (χ0n) is 3.97. The number of carbonyl (C=O) groups excluding carboxylic acids is 1. The van der Waals surface area contributed by atoms with Crippen LogP contribution in [0.4, 0.5) is 0 Å². The Hall–Kier alpha value is -0.860. The standard InChI is InChI=1S/C4H6O3.CH4/c1-3(5)2-4(6)7;/h2H2,1H3,(H,6,7);1H4. The third-order valence-electron chi connectivity index (χ3n) is 0.400. The van der Waals surface area contributed by atoms with E-state index in [9.17, 15) is 9.59 Å². The molecular formula is C5H10O3. The molecule has 3 heteroatoms. The minimum atomic E-state index is -1.06. The normalized spacial score (nSPS) is 7.12. The Kier molecular flexibility index (Phi) is 5.48. The first-order valence-corrected chi connectivity index (χ1v) is 1.84. The summed E-state index contributed by atoms with van der Waals surface area (Å²) >= 11 is 0. The zero-order chi connectivity index (χ0) is 5.86. The van der Waals surface area contributed by atoms with E-state index in [2.05, 4.69) is 0 Å². The summed E-state index contributed by atoms with van der Waals surface area (Å²) < 4.78 is 0. The maximum absolute atomic E-state index is 9.87. The molecule has 0 amide bonds. The number of Topliss-reactive ketones (excluding diaryl/α,β-unsaturated/α-hetero) is 1. The highest BCUT2D eigenvalue weighted by Gasteiger charge is 1.98. The predicted octanol–water partition coefficient (Wildman–Crippen LogP) is 0.686. The van der Waals surface area contributed by atoms with Crippen molar-refractivity contribution in [3.8, 4) is 0 Å². The maximum atomic E-state index is 9.87. The summed E-state index contributed by atoms with van der Waals surface area (Å²) in [6.45, 7) is 1.24.